The summed E-state index contributed by atoms with van der Waals surface area (Å²) in [6.45, 7) is 9.79. The highest BCUT2D eigenvalue weighted by Crippen LogP contribution is 2.33. The molecule has 0 saturated heterocycles. The minimum Gasteiger partial charge on any atom is -0.493 e. The number of amides is 1. The van der Waals surface area contributed by atoms with Crippen LogP contribution >= 0.6 is 0 Å². The lowest BCUT2D eigenvalue weighted by atomic mass is 9.74. The SMILES string of the molecule is CCOc1ccc(NC(=O)C(C)(C)C(C)(C)N)cc1OC. The predicted octanol–water partition coefficient (Wildman–Crippen LogP) is 2.80. The minimum atomic E-state index is -0.709. The summed E-state index contributed by atoms with van der Waals surface area (Å²) in [6, 6.07) is 5.30. The van der Waals surface area contributed by atoms with Crippen molar-refractivity contribution < 1.29 is 14.3 Å². The van der Waals surface area contributed by atoms with Gasteiger partial charge >= 0.3 is 0 Å². The average Bonchev–Trinajstić information content (AvgIpc) is 2.39. The summed E-state index contributed by atoms with van der Waals surface area (Å²) in [5.74, 6) is 1.09. The Morgan fingerprint density at radius 3 is 2.33 bits per heavy atom. The maximum absolute atomic E-state index is 12.4. The summed E-state index contributed by atoms with van der Waals surface area (Å²) in [5.41, 5.74) is 5.39. The first-order valence-electron chi connectivity index (χ1n) is 7.04. The van der Waals surface area contributed by atoms with Crippen molar-refractivity contribution in [3.8, 4) is 11.5 Å². The molecule has 0 aliphatic heterocycles. The highest BCUT2D eigenvalue weighted by atomic mass is 16.5. The molecule has 0 atom stereocenters. The first-order valence-corrected chi connectivity index (χ1v) is 7.04. The van der Waals surface area contributed by atoms with Crippen molar-refractivity contribution in [1.82, 2.24) is 0 Å². The Kier molecular flexibility index (Phi) is 5.23. The number of anilines is 1. The molecule has 0 aromatic heterocycles. The highest BCUT2D eigenvalue weighted by molar-refractivity contribution is 5.96. The zero-order chi connectivity index (χ0) is 16.3. The number of methoxy groups -OCH3 is 1. The first-order chi connectivity index (χ1) is 9.63. The van der Waals surface area contributed by atoms with E-state index in [2.05, 4.69) is 5.32 Å². The van der Waals surface area contributed by atoms with Gasteiger partial charge in [-0.15, -0.1) is 0 Å². The molecule has 5 nitrogen and oxygen atoms in total. The standard InChI is InChI=1S/C16H26N2O3/c1-7-21-12-9-8-11(10-13(12)20-6)18-14(19)15(2,3)16(4,5)17/h8-10H,7,17H2,1-6H3,(H,18,19). The quantitative estimate of drug-likeness (QED) is 0.846. The molecule has 0 fully saturated rings. The van der Waals surface area contributed by atoms with Crippen LogP contribution < -0.4 is 20.5 Å². The summed E-state index contributed by atoms with van der Waals surface area (Å²) in [4.78, 5) is 12.4. The van der Waals surface area contributed by atoms with E-state index < -0.39 is 11.0 Å². The van der Waals surface area contributed by atoms with Crippen LogP contribution in [0.1, 0.15) is 34.6 Å². The van der Waals surface area contributed by atoms with Gasteiger partial charge < -0.3 is 20.5 Å². The fourth-order valence-corrected chi connectivity index (χ4v) is 1.60. The van der Waals surface area contributed by atoms with Crippen molar-refractivity contribution >= 4 is 11.6 Å². The number of nitrogens with one attached hydrogen (secondary N) is 1. The number of hydrogen-bond acceptors (Lipinski definition) is 4. The monoisotopic (exact) mass is 294 g/mol. The molecule has 0 unspecified atom stereocenters. The molecule has 0 spiro atoms. The second-order valence-corrected chi connectivity index (χ2v) is 6.10. The molecule has 0 heterocycles. The highest BCUT2D eigenvalue weighted by Gasteiger charge is 2.40. The zero-order valence-electron chi connectivity index (χ0n) is 13.7. The molecular weight excluding hydrogens is 268 g/mol. The second kappa shape index (κ2) is 6.35. The number of rotatable bonds is 6. The molecule has 0 radical (unpaired) electrons. The lowest BCUT2D eigenvalue weighted by Gasteiger charge is -2.36. The van der Waals surface area contributed by atoms with Crippen molar-refractivity contribution in [2.75, 3.05) is 19.0 Å². The Labute approximate surface area is 126 Å². The average molecular weight is 294 g/mol. The van der Waals surface area contributed by atoms with E-state index in [-0.39, 0.29) is 5.91 Å². The molecule has 0 aliphatic rings. The lowest BCUT2D eigenvalue weighted by molar-refractivity contribution is -0.126. The van der Waals surface area contributed by atoms with Gasteiger partial charge in [-0.2, -0.15) is 0 Å². The molecule has 5 heteroatoms. The normalized spacial score (nSPS) is 12.0. The van der Waals surface area contributed by atoms with Crippen molar-refractivity contribution in [1.29, 1.82) is 0 Å². The van der Waals surface area contributed by atoms with E-state index >= 15 is 0 Å². The molecule has 3 N–H and O–H groups in total. The van der Waals surface area contributed by atoms with Crippen LogP contribution in [-0.2, 0) is 4.79 Å². The molecular formula is C16H26N2O3. The van der Waals surface area contributed by atoms with Gasteiger partial charge in [0.25, 0.3) is 0 Å². The van der Waals surface area contributed by atoms with E-state index in [0.717, 1.165) is 0 Å². The Morgan fingerprint density at radius 2 is 1.86 bits per heavy atom. The Bertz CT molecular complexity index is 505. The van der Waals surface area contributed by atoms with Gasteiger partial charge in [-0.1, -0.05) is 0 Å². The van der Waals surface area contributed by atoms with E-state index in [1.54, 1.807) is 25.3 Å². The third kappa shape index (κ3) is 3.88. The van der Waals surface area contributed by atoms with Crippen LogP contribution in [0.25, 0.3) is 0 Å². The molecule has 0 bridgehead atoms. The van der Waals surface area contributed by atoms with Gasteiger partial charge in [0.2, 0.25) is 5.91 Å². The predicted molar refractivity (Wildman–Crippen MR) is 84.8 cm³/mol. The zero-order valence-corrected chi connectivity index (χ0v) is 13.7. The van der Waals surface area contributed by atoms with E-state index in [0.29, 0.717) is 23.8 Å². The van der Waals surface area contributed by atoms with Gasteiger partial charge in [-0.25, -0.2) is 0 Å². The van der Waals surface area contributed by atoms with Gasteiger partial charge in [0.15, 0.2) is 11.5 Å². The minimum absolute atomic E-state index is 0.138. The smallest absolute Gasteiger partial charge is 0.231 e. The van der Waals surface area contributed by atoms with E-state index in [4.69, 9.17) is 15.2 Å². The van der Waals surface area contributed by atoms with E-state index in [1.807, 2.05) is 34.6 Å². The van der Waals surface area contributed by atoms with Gasteiger partial charge in [0.1, 0.15) is 0 Å². The Morgan fingerprint density at radius 1 is 1.24 bits per heavy atom. The number of hydrogen-bond donors (Lipinski definition) is 2. The van der Waals surface area contributed by atoms with Crippen molar-refractivity contribution in [3.63, 3.8) is 0 Å². The number of ether oxygens (including phenoxy) is 2. The molecule has 1 rings (SSSR count). The second-order valence-electron chi connectivity index (χ2n) is 6.10. The van der Waals surface area contributed by atoms with Crippen molar-refractivity contribution in [3.05, 3.63) is 18.2 Å². The summed E-state index contributed by atoms with van der Waals surface area (Å²) in [7, 11) is 1.57. The van der Waals surface area contributed by atoms with Crippen LogP contribution in [0.5, 0.6) is 11.5 Å². The third-order valence-corrected chi connectivity index (χ3v) is 3.90. The van der Waals surface area contributed by atoms with Gasteiger partial charge in [-0.05, 0) is 46.8 Å². The van der Waals surface area contributed by atoms with Crippen LogP contribution in [0.2, 0.25) is 0 Å². The number of benzene rings is 1. The maximum atomic E-state index is 12.4. The molecule has 0 aliphatic carbocycles. The van der Waals surface area contributed by atoms with Gasteiger partial charge in [0, 0.05) is 17.3 Å². The third-order valence-electron chi connectivity index (χ3n) is 3.90. The summed E-state index contributed by atoms with van der Waals surface area (Å²) in [6.07, 6.45) is 0. The van der Waals surface area contributed by atoms with Crippen LogP contribution in [0, 0.1) is 5.41 Å². The topological polar surface area (TPSA) is 73.6 Å². The molecule has 118 valence electrons. The number of nitrogens with two attached hydrogens (primary N) is 1. The molecule has 1 amide bonds. The number of carbonyl (C=O) groups is 1. The molecule has 1 aromatic rings. The first kappa shape index (κ1) is 17.3. The van der Waals surface area contributed by atoms with E-state index in [9.17, 15) is 4.79 Å². The Hall–Kier alpha value is -1.75. The van der Waals surface area contributed by atoms with Crippen molar-refractivity contribution in [2.24, 2.45) is 11.1 Å². The van der Waals surface area contributed by atoms with Crippen LogP contribution in [0.4, 0.5) is 5.69 Å². The largest absolute Gasteiger partial charge is 0.493 e. The molecule has 21 heavy (non-hydrogen) atoms. The van der Waals surface area contributed by atoms with Crippen LogP contribution in [0.15, 0.2) is 18.2 Å². The summed E-state index contributed by atoms with van der Waals surface area (Å²) in [5, 5.41) is 2.88. The maximum Gasteiger partial charge on any atom is 0.231 e. The Balaban J connectivity index is 2.96. The fraction of sp³-hybridized carbons (Fsp3) is 0.562. The van der Waals surface area contributed by atoms with Crippen molar-refractivity contribution in [2.45, 2.75) is 40.2 Å². The van der Waals surface area contributed by atoms with Gasteiger partial charge in [0.05, 0.1) is 19.1 Å². The van der Waals surface area contributed by atoms with Crippen LogP contribution in [0.3, 0.4) is 0 Å². The van der Waals surface area contributed by atoms with Gasteiger partial charge in [-0.3, -0.25) is 4.79 Å². The van der Waals surface area contributed by atoms with E-state index in [1.165, 1.54) is 0 Å². The van der Waals surface area contributed by atoms with Crippen LogP contribution in [-0.4, -0.2) is 25.2 Å². The lowest BCUT2D eigenvalue weighted by Crippen LogP contribution is -2.53. The molecule has 0 saturated carbocycles. The summed E-state index contributed by atoms with van der Waals surface area (Å²) >= 11 is 0. The number of carbonyl (C=O) groups excluding carboxylic acids is 1. The fourth-order valence-electron chi connectivity index (χ4n) is 1.60. The summed E-state index contributed by atoms with van der Waals surface area (Å²) < 4.78 is 10.7. The molecule has 1 aromatic carbocycles.